The van der Waals surface area contributed by atoms with Crippen LogP contribution in [0.3, 0.4) is 0 Å². The van der Waals surface area contributed by atoms with E-state index in [0.29, 0.717) is 25.8 Å². The predicted molar refractivity (Wildman–Crippen MR) is 94.3 cm³/mol. The molecule has 0 radical (unpaired) electrons. The van der Waals surface area contributed by atoms with Crippen LogP contribution in [0.2, 0.25) is 0 Å². The minimum Gasteiger partial charge on any atom is -0.481 e. The standard InChI is InChI=1S/C17H24N2O9/c1-2-3-7-13(20)18-10-5-4-6-11(15(23)24)19-17(27)28-12(16(25)26)8-9-14(21)22/h1,11-12H,3-10H2,(H,18,20)(H,19,27)(H,21,22)(H,23,24)(H,25,26)/t11-,12-/m0/s1. The van der Waals surface area contributed by atoms with Crippen molar-refractivity contribution in [2.75, 3.05) is 6.54 Å². The van der Waals surface area contributed by atoms with E-state index in [1.165, 1.54) is 0 Å². The predicted octanol–water partition coefficient (Wildman–Crippen LogP) is 0.184. The second-order valence-corrected chi connectivity index (χ2v) is 5.75. The van der Waals surface area contributed by atoms with Crippen molar-refractivity contribution in [2.45, 2.75) is 57.1 Å². The van der Waals surface area contributed by atoms with E-state index in [4.69, 9.17) is 21.7 Å². The number of hydrogen-bond acceptors (Lipinski definition) is 6. The number of rotatable bonds is 14. The zero-order chi connectivity index (χ0) is 21.5. The monoisotopic (exact) mass is 400 g/mol. The largest absolute Gasteiger partial charge is 0.481 e. The van der Waals surface area contributed by atoms with Crippen LogP contribution in [0, 0.1) is 12.3 Å². The molecule has 0 aromatic carbocycles. The fourth-order valence-electron chi connectivity index (χ4n) is 2.03. The Labute approximate surface area is 161 Å². The van der Waals surface area contributed by atoms with Crippen LogP contribution in [-0.4, -0.2) is 63.9 Å². The highest BCUT2D eigenvalue weighted by molar-refractivity contribution is 5.82. The Balaban J connectivity index is 4.34. The molecule has 0 aliphatic heterocycles. The van der Waals surface area contributed by atoms with Crippen molar-refractivity contribution in [3.05, 3.63) is 0 Å². The second-order valence-electron chi connectivity index (χ2n) is 5.75. The number of carboxylic acid groups (broad SMARTS) is 3. The first-order chi connectivity index (χ1) is 13.2. The number of hydrogen-bond donors (Lipinski definition) is 5. The maximum atomic E-state index is 11.7. The maximum Gasteiger partial charge on any atom is 0.408 e. The summed E-state index contributed by atoms with van der Waals surface area (Å²) in [5.74, 6) is -2.01. The summed E-state index contributed by atoms with van der Waals surface area (Å²) in [5.41, 5.74) is 0. The van der Waals surface area contributed by atoms with Crippen LogP contribution in [0.25, 0.3) is 0 Å². The quantitative estimate of drug-likeness (QED) is 0.201. The van der Waals surface area contributed by atoms with Gasteiger partial charge in [-0.25, -0.2) is 14.4 Å². The van der Waals surface area contributed by atoms with E-state index < -0.39 is 49.0 Å². The van der Waals surface area contributed by atoms with E-state index in [9.17, 15) is 24.0 Å². The van der Waals surface area contributed by atoms with Gasteiger partial charge < -0.3 is 30.7 Å². The molecule has 0 aromatic rings. The number of alkyl carbamates (subject to hydrolysis) is 1. The van der Waals surface area contributed by atoms with Crippen molar-refractivity contribution in [3.8, 4) is 12.3 Å². The van der Waals surface area contributed by atoms with Crippen molar-refractivity contribution >= 4 is 29.9 Å². The van der Waals surface area contributed by atoms with Crippen molar-refractivity contribution in [1.29, 1.82) is 0 Å². The fourth-order valence-corrected chi connectivity index (χ4v) is 2.03. The van der Waals surface area contributed by atoms with Crippen LogP contribution < -0.4 is 10.6 Å². The summed E-state index contributed by atoms with van der Waals surface area (Å²) in [6.45, 7) is 0.316. The minimum absolute atomic E-state index is 0.0253. The van der Waals surface area contributed by atoms with E-state index >= 15 is 0 Å². The smallest absolute Gasteiger partial charge is 0.408 e. The Hall–Kier alpha value is -3.29. The molecular formula is C17H24N2O9. The first-order valence-electron chi connectivity index (χ1n) is 8.52. The molecule has 0 rings (SSSR count). The van der Waals surface area contributed by atoms with Crippen molar-refractivity contribution in [1.82, 2.24) is 10.6 Å². The number of unbranched alkanes of at least 4 members (excludes halogenated alkanes) is 1. The van der Waals surface area contributed by atoms with Crippen LogP contribution in [0.4, 0.5) is 4.79 Å². The molecule has 0 fully saturated rings. The van der Waals surface area contributed by atoms with E-state index in [0.717, 1.165) is 0 Å². The summed E-state index contributed by atoms with van der Waals surface area (Å²) in [5, 5.41) is 31.3. The maximum absolute atomic E-state index is 11.7. The third kappa shape index (κ3) is 12.1. The number of amides is 2. The number of carboxylic acids is 3. The third-order valence-electron chi connectivity index (χ3n) is 3.47. The van der Waals surface area contributed by atoms with E-state index in [2.05, 4.69) is 16.0 Å². The summed E-state index contributed by atoms with van der Waals surface area (Å²) < 4.78 is 4.59. The molecule has 5 N–H and O–H groups in total. The lowest BCUT2D eigenvalue weighted by atomic mass is 10.1. The highest BCUT2D eigenvalue weighted by atomic mass is 16.6. The normalized spacial score (nSPS) is 12.1. The van der Waals surface area contributed by atoms with Crippen LogP contribution in [0.15, 0.2) is 0 Å². The highest BCUT2D eigenvalue weighted by Gasteiger charge is 2.26. The Morgan fingerprint density at radius 2 is 1.64 bits per heavy atom. The van der Waals surface area contributed by atoms with Crippen molar-refractivity contribution in [2.24, 2.45) is 0 Å². The van der Waals surface area contributed by atoms with Gasteiger partial charge in [0.05, 0.1) is 0 Å². The van der Waals surface area contributed by atoms with E-state index in [1.54, 1.807) is 0 Å². The van der Waals surface area contributed by atoms with Crippen LogP contribution >= 0.6 is 0 Å². The first kappa shape index (κ1) is 24.7. The Kier molecular flexibility index (Phi) is 12.2. The molecule has 0 aromatic heterocycles. The van der Waals surface area contributed by atoms with Gasteiger partial charge in [0.15, 0.2) is 0 Å². The zero-order valence-electron chi connectivity index (χ0n) is 15.2. The summed E-state index contributed by atoms with van der Waals surface area (Å²) in [6, 6.07) is -1.32. The first-order valence-corrected chi connectivity index (χ1v) is 8.52. The van der Waals surface area contributed by atoms with Crippen LogP contribution in [-0.2, 0) is 23.9 Å². The van der Waals surface area contributed by atoms with Gasteiger partial charge in [-0.15, -0.1) is 12.3 Å². The molecular weight excluding hydrogens is 376 g/mol. The van der Waals surface area contributed by atoms with E-state index in [-0.39, 0.29) is 18.7 Å². The summed E-state index contributed by atoms with van der Waals surface area (Å²) in [4.78, 5) is 55.7. The molecule has 2 amide bonds. The average Bonchev–Trinajstić information content (AvgIpc) is 2.61. The highest BCUT2D eigenvalue weighted by Crippen LogP contribution is 2.06. The molecule has 0 saturated heterocycles. The Morgan fingerprint density at radius 1 is 0.964 bits per heavy atom. The number of ether oxygens (including phenoxy) is 1. The SMILES string of the molecule is C#CCCC(=O)NCCCC[C@H](NC(=O)O[C@@H](CCC(=O)O)C(=O)O)C(=O)O. The molecule has 0 aliphatic rings. The molecule has 11 nitrogen and oxygen atoms in total. The molecule has 0 heterocycles. The summed E-state index contributed by atoms with van der Waals surface area (Å²) >= 11 is 0. The number of carbonyl (C=O) groups excluding carboxylic acids is 2. The molecule has 0 bridgehead atoms. The van der Waals surface area contributed by atoms with Gasteiger partial charge in [-0.1, -0.05) is 0 Å². The molecule has 156 valence electrons. The lowest BCUT2D eigenvalue weighted by Crippen LogP contribution is -2.43. The average molecular weight is 400 g/mol. The van der Waals surface area contributed by atoms with Gasteiger partial charge >= 0.3 is 24.0 Å². The lowest BCUT2D eigenvalue weighted by Gasteiger charge is -2.17. The molecule has 0 unspecified atom stereocenters. The van der Waals surface area contributed by atoms with Gasteiger partial charge in [0.25, 0.3) is 0 Å². The summed E-state index contributed by atoms with van der Waals surface area (Å²) in [6.07, 6.45) is 2.45. The second kappa shape index (κ2) is 13.9. The third-order valence-corrected chi connectivity index (χ3v) is 3.47. The number of aliphatic carboxylic acids is 3. The fraction of sp³-hybridized carbons (Fsp3) is 0.588. The molecule has 0 spiro atoms. The molecule has 0 aliphatic carbocycles. The number of carbonyl (C=O) groups is 5. The lowest BCUT2D eigenvalue weighted by molar-refractivity contribution is -0.148. The molecule has 2 atom stereocenters. The van der Waals surface area contributed by atoms with E-state index in [1.807, 2.05) is 5.32 Å². The van der Waals surface area contributed by atoms with Crippen molar-refractivity contribution in [3.63, 3.8) is 0 Å². The molecule has 28 heavy (non-hydrogen) atoms. The molecule has 11 heteroatoms. The summed E-state index contributed by atoms with van der Waals surface area (Å²) in [7, 11) is 0. The Bertz CT molecular complexity index is 612. The number of nitrogens with one attached hydrogen (secondary N) is 2. The van der Waals surface area contributed by atoms with Crippen LogP contribution in [0.1, 0.15) is 44.9 Å². The Morgan fingerprint density at radius 3 is 2.18 bits per heavy atom. The van der Waals surface area contributed by atoms with Gasteiger partial charge in [0, 0.05) is 32.2 Å². The minimum atomic E-state index is -1.70. The van der Waals surface area contributed by atoms with Crippen LogP contribution in [0.5, 0.6) is 0 Å². The number of terminal acetylenes is 1. The topological polar surface area (TPSA) is 179 Å². The van der Waals surface area contributed by atoms with Gasteiger partial charge in [0.2, 0.25) is 12.0 Å². The van der Waals surface area contributed by atoms with Gasteiger partial charge in [-0.05, 0) is 19.3 Å². The van der Waals surface area contributed by atoms with Gasteiger partial charge in [-0.2, -0.15) is 0 Å². The zero-order valence-corrected chi connectivity index (χ0v) is 15.2. The van der Waals surface area contributed by atoms with Gasteiger partial charge in [-0.3, -0.25) is 9.59 Å². The molecule has 0 saturated carbocycles. The van der Waals surface area contributed by atoms with Gasteiger partial charge in [0.1, 0.15) is 6.04 Å². The van der Waals surface area contributed by atoms with Crippen molar-refractivity contribution < 1.29 is 44.0 Å².